The zero-order valence-corrected chi connectivity index (χ0v) is 11.0. The Hall–Kier alpha value is -2.21. The van der Waals surface area contributed by atoms with Crippen LogP contribution in [0.2, 0.25) is 0 Å². The molecule has 0 aliphatic heterocycles. The van der Waals surface area contributed by atoms with Gasteiger partial charge in [0.15, 0.2) is 0 Å². The van der Waals surface area contributed by atoms with Crippen molar-refractivity contribution in [1.29, 1.82) is 0 Å². The number of benzene rings is 1. The summed E-state index contributed by atoms with van der Waals surface area (Å²) in [5, 5.41) is 10.0. The molecule has 1 amide bonds. The molecule has 0 radical (unpaired) electrons. The Morgan fingerprint density at radius 2 is 2.16 bits per heavy atom. The molecular formula is C13H17NO5. The number of hydrogen-bond acceptors (Lipinski definition) is 5. The molecule has 0 aliphatic rings. The second kappa shape index (κ2) is 7.27. The van der Waals surface area contributed by atoms with Gasteiger partial charge in [-0.15, -0.1) is 0 Å². The minimum Gasteiger partial charge on any atom is -0.497 e. The second-order valence-electron chi connectivity index (χ2n) is 3.60. The van der Waals surface area contributed by atoms with Gasteiger partial charge in [-0.1, -0.05) is 12.7 Å². The van der Waals surface area contributed by atoms with Gasteiger partial charge in [0.1, 0.15) is 18.1 Å². The van der Waals surface area contributed by atoms with Crippen LogP contribution in [-0.4, -0.2) is 37.2 Å². The van der Waals surface area contributed by atoms with Crippen LogP contribution in [0.15, 0.2) is 30.9 Å². The molecule has 1 rings (SSSR count). The number of carbonyl (C=O) groups excluding carboxylic acids is 1. The Kier molecular flexibility index (Phi) is 5.69. The van der Waals surface area contributed by atoms with E-state index in [-0.39, 0.29) is 13.2 Å². The predicted molar refractivity (Wildman–Crippen MR) is 68.4 cm³/mol. The Bertz CT molecular complexity index is 447. The van der Waals surface area contributed by atoms with Crippen molar-refractivity contribution in [2.24, 2.45) is 0 Å². The summed E-state index contributed by atoms with van der Waals surface area (Å²) in [7, 11) is 3.04. The third kappa shape index (κ3) is 4.18. The van der Waals surface area contributed by atoms with Crippen molar-refractivity contribution in [3.63, 3.8) is 0 Å². The van der Waals surface area contributed by atoms with E-state index in [1.165, 1.54) is 13.2 Å². The van der Waals surface area contributed by atoms with Gasteiger partial charge in [0.05, 0.1) is 20.8 Å². The molecule has 104 valence electrons. The molecule has 0 aliphatic carbocycles. The van der Waals surface area contributed by atoms with Crippen LogP contribution in [0.4, 0.5) is 4.79 Å². The monoisotopic (exact) mass is 267 g/mol. The van der Waals surface area contributed by atoms with Crippen molar-refractivity contribution < 1.29 is 24.2 Å². The minimum atomic E-state index is -0.849. The second-order valence-corrected chi connectivity index (χ2v) is 3.60. The van der Waals surface area contributed by atoms with E-state index in [9.17, 15) is 10.0 Å². The molecule has 1 N–H and O–H groups in total. The highest BCUT2D eigenvalue weighted by atomic mass is 16.6. The first-order chi connectivity index (χ1) is 9.12. The lowest BCUT2D eigenvalue weighted by molar-refractivity contribution is -0.0792. The molecule has 1 aromatic rings. The number of hydrogen-bond donors (Lipinski definition) is 1. The SMILES string of the molecule is C=CCOC(=O)N(O)Cc1ccc(OC)cc1OC. The Morgan fingerprint density at radius 1 is 1.42 bits per heavy atom. The summed E-state index contributed by atoms with van der Waals surface area (Å²) in [6.07, 6.45) is 0.567. The molecule has 6 heteroatoms. The zero-order valence-electron chi connectivity index (χ0n) is 11.0. The van der Waals surface area contributed by atoms with Gasteiger partial charge < -0.3 is 14.2 Å². The third-order valence-corrected chi connectivity index (χ3v) is 2.35. The maximum Gasteiger partial charge on any atom is 0.434 e. The normalized spacial score (nSPS) is 9.63. The number of ether oxygens (including phenoxy) is 3. The Labute approximate surface area is 111 Å². The maximum atomic E-state index is 11.4. The summed E-state index contributed by atoms with van der Waals surface area (Å²) in [6, 6.07) is 5.07. The van der Waals surface area contributed by atoms with Crippen LogP contribution in [0, 0.1) is 0 Å². The molecule has 0 unspecified atom stereocenters. The van der Waals surface area contributed by atoms with E-state index in [1.807, 2.05) is 0 Å². The van der Waals surface area contributed by atoms with Gasteiger partial charge in [0.25, 0.3) is 0 Å². The first-order valence-electron chi connectivity index (χ1n) is 5.57. The highest BCUT2D eigenvalue weighted by Crippen LogP contribution is 2.25. The molecule has 0 bridgehead atoms. The molecular weight excluding hydrogens is 250 g/mol. The fraction of sp³-hybridized carbons (Fsp3) is 0.308. The predicted octanol–water partition coefficient (Wildman–Crippen LogP) is 2.22. The van der Waals surface area contributed by atoms with Gasteiger partial charge in [-0.3, -0.25) is 5.21 Å². The fourth-order valence-corrected chi connectivity index (χ4v) is 1.41. The molecule has 6 nitrogen and oxygen atoms in total. The Morgan fingerprint density at radius 3 is 2.74 bits per heavy atom. The van der Waals surface area contributed by atoms with E-state index in [1.54, 1.807) is 25.3 Å². The minimum absolute atomic E-state index is 0.0373. The van der Waals surface area contributed by atoms with E-state index in [2.05, 4.69) is 6.58 Å². The maximum absolute atomic E-state index is 11.4. The summed E-state index contributed by atoms with van der Waals surface area (Å²) in [6.45, 7) is 3.40. The van der Waals surface area contributed by atoms with Crippen LogP contribution in [0.1, 0.15) is 5.56 Å². The van der Waals surface area contributed by atoms with Gasteiger partial charge in [-0.2, -0.15) is 5.06 Å². The molecule has 0 aromatic heterocycles. The molecule has 0 saturated heterocycles. The van der Waals surface area contributed by atoms with Crippen molar-refractivity contribution in [3.8, 4) is 11.5 Å². The van der Waals surface area contributed by atoms with E-state index in [0.29, 0.717) is 22.1 Å². The average Bonchev–Trinajstić information content (AvgIpc) is 2.44. The number of nitrogens with zero attached hydrogens (tertiary/aromatic N) is 1. The van der Waals surface area contributed by atoms with Gasteiger partial charge in [-0.25, -0.2) is 4.79 Å². The molecule has 1 aromatic carbocycles. The first-order valence-corrected chi connectivity index (χ1v) is 5.57. The van der Waals surface area contributed by atoms with Crippen LogP contribution in [-0.2, 0) is 11.3 Å². The van der Waals surface area contributed by atoms with Crippen LogP contribution < -0.4 is 9.47 Å². The van der Waals surface area contributed by atoms with Gasteiger partial charge in [-0.05, 0) is 12.1 Å². The number of methoxy groups -OCH3 is 2. The molecule has 19 heavy (non-hydrogen) atoms. The van der Waals surface area contributed by atoms with Crippen molar-refractivity contribution >= 4 is 6.09 Å². The Balaban J connectivity index is 2.75. The summed E-state index contributed by atoms with van der Waals surface area (Å²) >= 11 is 0. The summed E-state index contributed by atoms with van der Waals surface area (Å²) in [4.78, 5) is 11.4. The molecule has 0 fully saturated rings. The van der Waals surface area contributed by atoms with E-state index < -0.39 is 6.09 Å². The third-order valence-electron chi connectivity index (χ3n) is 2.35. The topological polar surface area (TPSA) is 68.2 Å². The van der Waals surface area contributed by atoms with Crippen LogP contribution in [0.25, 0.3) is 0 Å². The largest absolute Gasteiger partial charge is 0.497 e. The fourth-order valence-electron chi connectivity index (χ4n) is 1.41. The quantitative estimate of drug-likeness (QED) is 0.486. The zero-order chi connectivity index (χ0) is 14.3. The highest BCUT2D eigenvalue weighted by molar-refractivity contribution is 5.66. The molecule has 0 atom stereocenters. The molecule has 0 spiro atoms. The van der Waals surface area contributed by atoms with E-state index in [4.69, 9.17) is 14.2 Å². The van der Waals surface area contributed by atoms with Crippen molar-refractivity contribution in [2.75, 3.05) is 20.8 Å². The first kappa shape index (κ1) is 14.8. The standard InChI is InChI=1S/C13H17NO5/c1-4-7-19-13(15)14(16)9-10-5-6-11(17-2)8-12(10)18-3/h4-6,8,16H,1,7,9H2,2-3H3. The van der Waals surface area contributed by atoms with Crippen molar-refractivity contribution in [2.45, 2.75) is 6.54 Å². The van der Waals surface area contributed by atoms with Crippen LogP contribution in [0.3, 0.4) is 0 Å². The number of carbonyl (C=O) groups is 1. The summed E-state index contributed by atoms with van der Waals surface area (Å²) in [5.74, 6) is 1.13. The number of hydroxylamine groups is 2. The van der Waals surface area contributed by atoms with Crippen LogP contribution >= 0.6 is 0 Å². The van der Waals surface area contributed by atoms with Crippen molar-refractivity contribution in [3.05, 3.63) is 36.4 Å². The summed E-state index contributed by atoms with van der Waals surface area (Å²) < 4.78 is 14.9. The smallest absolute Gasteiger partial charge is 0.434 e. The lowest BCUT2D eigenvalue weighted by Gasteiger charge is -2.16. The van der Waals surface area contributed by atoms with Crippen LogP contribution in [0.5, 0.6) is 11.5 Å². The van der Waals surface area contributed by atoms with Gasteiger partial charge >= 0.3 is 6.09 Å². The lowest BCUT2D eigenvalue weighted by Crippen LogP contribution is -2.27. The van der Waals surface area contributed by atoms with Gasteiger partial charge in [0, 0.05) is 11.6 Å². The molecule has 0 heterocycles. The number of amides is 1. The van der Waals surface area contributed by atoms with Gasteiger partial charge in [0.2, 0.25) is 0 Å². The van der Waals surface area contributed by atoms with E-state index in [0.717, 1.165) is 0 Å². The lowest BCUT2D eigenvalue weighted by atomic mass is 10.2. The average molecular weight is 267 g/mol. The van der Waals surface area contributed by atoms with E-state index >= 15 is 0 Å². The summed E-state index contributed by atoms with van der Waals surface area (Å²) in [5.41, 5.74) is 0.626. The number of rotatable bonds is 6. The van der Waals surface area contributed by atoms with Crippen molar-refractivity contribution in [1.82, 2.24) is 5.06 Å². The molecule has 0 saturated carbocycles. The highest BCUT2D eigenvalue weighted by Gasteiger charge is 2.15.